The Morgan fingerprint density at radius 3 is 1.33 bits per heavy atom. The van der Waals surface area contributed by atoms with E-state index in [0.29, 0.717) is 13.3 Å². The third-order valence-electron chi connectivity index (χ3n) is 0.297. The predicted octanol–water partition coefficient (Wildman–Crippen LogP) is -0.631. The zero-order valence-electron chi connectivity index (χ0n) is 4.94. The summed E-state index contributed by atoms with van der Waals surface area (Å²) in [4.78, 5) is 20.2. The third kappa shape index (κ3) is 8.34. The third-order valence-corrected chi connectivity index (χ3v) is 2.67. The van der Waals surface area contributed by atoms with Crippen molar-refractivity contribution < 1.29 is 23.2 Å². The first-order valence-electron chi connectivity index (χ1n) is 1.99. The summed E-state index contributed by atoms with van der Waals surface area (Å²) >= 11 is 0. The molecular formula is C2H6O5P2-2. The summed E-state index contributed by atoms with van der Waals surface area (Å²) in [5, 5.41) is 0. The van der Waals surface area contributed by atoms with Crippen molar-refractivity contribution in [3.8, 4) is 0 Å². The number of hydrogen-bond donors (Lipinski definition) is 0. The second-order valence-electron chi connectivity index (χ2n) is 1.62. The molecule has 0 aromatic carbocycles. The Labute approximate surface area is 52.7 Å². The Morgan fingerprint density at radius 1 is 1.11 bits per heavy atom. The molecule has 0 aliphatic heterocycles. The Bertz CT molecular complexity index is 153. The lowest BCUT2D eigenvalue weighted by molar-refractivity contribution is -0.211. The van der Waals surface area contributed by atoms with E-state index in [1.54, 1.807) is 0 Å². The van der Waals surface area contributed by atoms with Crippen molar-refractivity contribution in [2.45, 2.75) is 0 Å². The fourth-order valence-corrected chi connectivity index (χ4v) is 2.42. The van der Waals surface area contributed by atoms with Crippen LogP contribution in [0.1, 0.15) is 0 Å². The van der Waals surface area contributed by atoms with Gasteiger partial charge in [0, 0.05) is 13.3 Å². The van der Waals surface area contributed by atoms with Crippen molar-refractivity contribution in [2.75, 3.05) is 13.3 Å². The first-order valence-corrected chi connectivity index (χ1v) is 5.97. The minimum Gasteiger partial charge on any atom is -0.778 e. The number of hydrogen-bond acceptors (Lipinski definition) is 5. The van der Waals surface area contributed by atoms with Gasteiger partial charge in [0.25, 0.3) is 0 Å². The predicted molar refractivity (Wildman–Crippen MR) is 28.1 cm³/mol. The van der Waals surface area contributed by atoms with Gasteiger partial charge in [-0.1, -0.05) is 0 Å². The van der Waals surface area contributed by atoms with Gasteiger partial charge in [-0.15, -0.1) is 0 Å². The highest BCUT2D eigenvalue weighted by Crippen LogP contribution is 2.49. The van der Waals surface area contributed by atoms with Gasteiger partial charge in [-0.2, -0.15) is 0 Å². The highest BCUT2D eigenvalue weighted by molar-refractivity contribution is 7.64. The SMILES string of the molecule is CP(=O)([O-])OP(C)(=O)[O-]. The van der Waals surface area contributed by atoms with Crippen LogP contribution in [0.2, 0.25) is 0 Å². The molecule has 56 valence electrons. The van der Waals surface area contributed by atoms with Crippen LogP contribution in [0.25, 0.3) is 0 Å². The lowest BCUT2D eigenvalue weighted by Crippen LogP contribution is -2.07. The van der Waals surface area contributed by atoms with Crippen LogP contribution in [0.3, 0.4) is 0 Å². The van der Waals surface area contributed by atoms with Crippen LogP contribution in [0.5, 0.6) is 0 Å². The summed E-state index contributed by atoms with van der Waals surface area (Å²) < 4.78 is 23.8. The smallest absolute Gasteiger partial charge is 0.138 e. The van der Waals surface area contributed by atoms with Crippen molar-refractivity contribution in [2.24, 2.45) is 0 Å². The van der Waals surface area contributed by atoms with Crippen LogP contribution in [-0.4, -0.2) is 13.3 Å². The van der Waals surface area contributed by atoms with Crippen LogP contribution in [-0.2, 0) is 13.4 Å². The molecule has 2 unspecified atom stereocenters. The fourth-order valence-electron chi connectivity index (χ4n) is 0.269. The maximum atomic E-state index is 10.1. The minimum atomic E-state index is -4.11. The van der Waals surface area contributed by atoms with E-state index in [-0.39, 0.29) is 0 Å². The normalized spacial score (nSPS) is 24.4. The molecule has 0 amide bonds. The minimum absolute atomic E-state index is 0.695. The zero-order chi connectivity index (χ0) is 7.71. The average molecular weight is 172 g/mol. The molecule has 5 nitrogen and oxygen atoms in total. The Balaban J connectivity index is 4.07. The monoisotopic (exact) mass is 172 g/mol. The highest BCUT2D eigenvalue weighted by atomic mass is 31.3. The van der Waals surface area contributed by atoms with Crippen LogP contribution in [0.15, 0.2) is 0 Å². The number of rotatable bonds is 2. The Morgan fingerprint density at radius 2 is 1.33 bits per heavy atom. The van der Waals surface area contributed by atoms with Gasteiger partial charge in [-0.25, -0.2) is 0 Å². The van der Waals surface area contributed by atoms with Gasteiger partial charge >= 0.3 is 0 Å². The Kier molecular flexibility index (Phi) is 2.62. The van der Waals surface area contributed by atoms with Crippen molar-refractivity contribution in [1.82, 2.24) is 0 Å². The summed E-state index contributed by atoms with van der Waals surface area (Å²) in [6.45, 7) is 1.39. The standard InChI is InChI=1S/C2H8O5P2/c1-8(3,4)7-9(2,5)6/h1-2H3,(H,3,4)(H,5,6)/p-2. The van der Waals surface area contributed by atoms with Crippen molar-refractivity contribution in [3.63, 3.8) is 0 Å². The molecule has 0 aliphatic carbocycles. The molecule has 0 N–H and O–H groups in total. The van der Waals surface area contributed by atoms with Gasteiger partial charge in [0.05, 0.1) is 0 Å². The molecule has 7 heteroatoms. The van der Waals surface area contributed by atoms with E-state index in [9.17, 15) is 18.9 Å². The molecule has 0 aromatic rings. The first kappa shape index (κ1) is 9.34. The molecule has 0 aliphatic rings. The molecule has 9 heavy (non-hydrogen) atoms. The van der Waals surface area contributed by atoms with Gasteiger partial charge in [0.1, 0.15) is 15.2 Å². The van der Waals surface area contributed by atoms with Gasteiger partial charge in [0.2, 0.25) is 0 Å². The molecule has 0 saturated heterocycles. The molecule has 0 radical (unpaired) electrons. The molecule has 0 aromatic heterocycles. The first-order chi connectivity index (χ1) is 3.71. The molecular weight excluding hydrogens is 166 g/mol. The molecule has 0 saturated carbocycles. The molecule has 2 atom stereocenters. The van der Waals surface area contributed by atoms with Crippen molar-refractivity contribution in [3.05, 3.63) is 0 Å². The van der Waals surface area contributed by atoms with Gasteiger partial charge in [-0.05, 0) is 0 Å². The van der Waals surface area contributed by atoms with Crippen molar-refractivity contribution >= 4 is 15.2 Å². The lowest BCUT2D eigenvalue weighted by atomic mass is 12.0. The van der Waals surface area contributed by atoms with E-state index < -0.39 is 15.2 Å². The maximum Gasteiger partial charge on any atom is 0.138 e. The van der Waals surface area contributed by atoms with Crippen LogP contribution >= 0.6 is 15.2 Å². The lowest BCUT2D eigenvalue weighted by Gasteiger charge is -2.26. The van der Waals surface area contributed by atoms with E-state index in [0.717, 1.165) is 0 Å². The van der Waals surface area contributed by atoms with Crippen molar-refractivity contribution in [1.29, 1.82) is 0 Å². The van der Waals surface area contributed by atoms with Crippen LogP contribution in [0, 0.1) is 0 Å². The summed E-state index contributed by atoms with van der Waals surface area (Å²) in [6.07, 6.45) is 0. The van der Waals surface area contributed by atoms with E-state index in [1.807, 2.05) is 0 Å². The average Bonchev–Trinajstić information content (AvgIpc) is 1.14. The largest absolute Gasteiger partial charge is 0.778 e. The molecule has 0 spiro atoms. The summed E-state index contributed by atoms with van der Waals surface area (Å²) in [5.41, 5.74) is 0. The van der Waals surface area contributed by atoms with Gasteiger partial charge < -0.3 is 18.9 Å². The fraction of sp³-hybridized carbons (Fsp3) is 1.00. The van der Waals surface area contributed by atoms with E-state index in [1.165, 1.54) is 0 Å². The maximum absolute atomic E-state index is 10.1. The molecule has 0 fully saturated rings. The van der Waals surface area contributed by atoms with Crippen LogP contribution in [0.4, 0.5) is 0 Å². The summed E-state index contributed by atoms with van der Waals surface area (Å²) in [6, 6.07) is 0. The molecule has 0 bridgehead atoms. The molecule has 0 heterocycles. The van der Waals surface area contributed by atoms with E-state index >= 15 is 0 Å². The Hall–Kier alpha value is 0.340. The second-order valence-corrected chi connectivity index (χ2v) is 5.36. The summed E-state index contributed by atoms with van der Waals surface area (Å²) in [5.74, 6) is 0. The molecule has 0 rings (SSSR count). The quantitative estimate of drug-likeness (QED) is 0.517. The van der Waals surface area contributed by atoms with E-state index in [2.05, 4.69) is 4.31 Å². The highest BCUT2D eigenvalue weighted by Gasteiger charge is 2.05. The van der Waals surface area contributed by atoms with Gasteiger partial charge in [0.15, 0.2) is 0 Å². The van der Waals surface area contributed by atoms with E-state index in [4.69, 9.17) is 0 Å². The second kappa shape index (κ2) is 2.52. The zero-order valence-corrected chi connectivity index (χ0v) is 6.72. The van der Waals surface area contributed by atoms with Crippen LogP contribution < -0.4 is 9.79 Å². The van der Waals surface area contributed by atoms with Gasteiger partial charge in [-0.3, -0.25) is 4.31 Å². The summed E-state index contributed by atoms with van der Waals surface area (Å²) in [7, 11) is -8.23. The topological polar surface area (TPSA) is 89.5 Å².